The van der Waals surface area contributed by atoms with Gasteiger partial charge in [0.15, 0.2) is 0 Å². The van der Waals surface area contributed by atoms with Gasteiger partial charge in [0.25, 0.3) is 0 Å². The third-order valence-corrected chi connectivity index (χ3v) is 2.39. The summed E-state index contributed by atoms with van der Waals surface area (Å²) in [7, 11) is 1.55. The van der Waals surface area contributed by atoms with Gasteiger partial charge in [-0.2, -0.15) is 0 Å². The summed E-state index contributed by atoms with van der Waals surface area (Å²) >= 11 is 0. The molecule has 1 rings (SSSR count). The van der Waals surface area contributed by atoms with Gasteiger partial charge >= 0.3 is 0 Å². The topological polar surface area (TPSA) is 41.5 Å². The van der Waals surface area contributed by atoms with Gasteiger partial charge in [-0.1, -0.05) is 12.1 Å². The molecule has 0 bridgehead atoms. The van der Waals surface area contributed by atoms with E-state index in [0.29, 0.717) is 13.2 Å². The molecule has 2 atom stereocenters. The molecule has 3 nitrogen and oxygen atoms in total. The second-order valence-electron chi connectivity index (χ2n) is 3.79. The van der Waals surface area contributed by atoms with Crippen molar-refractivity contribution in [2.75, 3.05) is 20.3 Å². The maximum absolute atomic E-state index is 12.7. The van der Waals surface area contributed by atoms with Crippen molar-refractivity contribution in [3.05, 3.63) is 35.6 Å². The fourth-order valence-corrected chi connectivity index (χ4v) is 1.43. The van der Waals surface area contributed by atoms with E-state index in [1.807, 2.05) is 6.92 Å². The number of aliphatic hydroxyl groups excluding tert-OH is 1. The standard InChI is InChI=1S/C12H18FNO2/c1-9(14-7-12(15)8-16-2)10-3-5-11(13)6-4-10/h3-6,9,12,14-15H,7-8H2,1-2H3/t9-,12?/m0/s1. The molecule has 1 unspecified atom stereocenters. The monoisotopic (exact) mass is 227 g/mol. The van der Waals surface area contributed by atoms with Crippen molar-refractivity contribution in [2.45, 2.75) is 19.1 Å². The van der Waals surface area contributed by atoms with E-state index in [1.165, 1.54) is 12.1 Å². The van der Waals surface area contributed by atoms with Crippen LogP contribution in [0.5, 0.6) is 0 Å². The Balaban J connectivity index is 2.40. The summed E-state index contributed by atoms with van der Waals surface area (Å²) in [6.45, 7) is 2.72. The number of hydrogen-bond donors (Lipinski definition) is 2. The minimum atomic E-state index is -0.520. The average Bonchev–Trinajstić information content (AvgIpc) is 2.27. The van der Waals surface area contributed by atoms with Crippen LogP contribution in [0.4, 0.5) is 4.39 Å². The van der Waals surface area contributed by atoms with Crippen LogP contribution in [0.3, 0.4) is 0 Å². The minimum absolute atomic E-state index is 0.0760. The Hall–Kier alpha value is -0.970. The van der Waals surface area contributed by atoms with Crippen LogP contribution in [0.25, 0.3) is 0 Å². The first-order valence-electron chi connectivity index (χ1n) is 5.29. The van der Waals surface area contributed by atoms with E-state index >= 15 is 0 Å². The zero-order valence-electron chi connectivity index (χ0n) is 9.61. The molecule has 0 amide bonds. The van der Waals surface area contributed by atoms with Crippen LogP contribution in [0, 0.1) is 5.82 Å². The van der Waals surface area contributed by atoms with Gasteiger partial charge in [0.05, 0.1) is 12.7 Å². The van der Waals surface area contributed by atoms with Crippen molar-refractivity contribution in [3.63, 3.8) is 0 Å². The number of hydrogen-bond acceptors (Lipinski definition) is 3. The van der Waals surface area contributed by atoms with Crippen molar-refractivity contribution in [1.82, 2.24) is 5.32 Å². The normalized spacial score (nSPS) is 14.8. The first-order chi connectivity index (χ1) is 7.63. The lowest BCUT2D eigenvalue weighted by molar-refractivity contribution is 0.0630. The number of halogens is 1. The van der Waals surface area contributed by atoms with Crippen LogP contribution >= 0.6 is 0 Å². The molecule has 0 saturated carbocycles. The quantitative estimate of drug-likeness (QED) is 0.773. The molecule has 0 aliphatic rings. The second-order valence-corrected chi connectivity index (χ2v) is 3.79. The molecule has 1 aromatic carbocycles. The Kier molecular flexibility index (Phi) is 5.38. The van der Waals surface area contributed by atoms with Gasteiger partial charge in [0, 0.05) is 19.7 Å². The molecule has 0 aliphatic carbocycles. The van der Waals surface area contributed by atoms with E-state index in [2.05, 4.69) is 5.32 Å². The molecule has 0 saturated heterocycles. The highest BCUT2D eigenvalue weighted by Gasteiger charge is 2.08. The Morgan fingerprint density at radius 1 is 1.38 bits per heavy atom. The number of nitrogens with one attached hydrogen (secondary N) is 1. The van der Waals surface area contributed by atoms with Gasteiger partial charge in [0.1, 0.15) is 5.82 Å². The SMILES string of the molecule is COCC(O)CN[C@@H](C)c1ccc(F)cc1. The predicted octanol–water partition coefficient (Wildman–Crippen LogP) is 1.48. The number of benzene rings is 1. The van der Waals surface area contributed by atoms with Gasteiger partial charge in [-0.15, -0.1) is 0 Å². The fraction of sp³-hybridized carbons (Fsp3) is 0.500. The van der Waals surface area contributed by atoms with Crippen molar-refractivity contribution in [2.24, 2.45) is 0 Å². The molecule has 0 heterocycles. The molecule has 0 spiro atoms. The highest BCUT2D eigenvalue weighted by Crippen LogP contribution is 2.12. The Bertz CT molecular complexity index is 302. The number of ether oxygens (including phenoxy) is 1. The molecule has 0 aliphatic heterocycles. The number of aliphatic hydroxyl groups is 1. The number of methoxy groups -OCH3 is 1. The van der Waals surface area contributed by atoms with Crippen LogP contribution in [0.1, 0.15) is 18.5 Å². The smallest absolute Gasteiger partial charge is 0.123 e. The van der Waals surface area contributed by atoms with Crippen LogP contribution in [0.2, 0.25) is 0 Å². The first-order valence-corrected chi connectivity index (χ1v) is 5.29. The summed E-state index contributed by atoms with van der Waals surface area (Å²) in [6, 6.07) is 6.40. The van der Waals surface area contributed by atoms with Crippen LogP contribution < -0.4 is 5.32 Å². The summed E-state index contributed by atoms with van der Waals surface area (Å²) in [5.74, 6) is -0.240. The van der Waals surface area contributed by atoms with Crippen LogP contribution in [-0.4, -0.2) is 31.5 Å². The molecule has 0 aromatic heterocycles. The predicted molar refractivity (Wildman–Crippen MR) is 60.7 cm³/mol. The zero-order chi connectivity index (χ0) is 12.0. The summed E-state index contributed by atoms with van der Waals surface area (Å²) < 4.78 is 17.5. The summed E-state index contributed by atoms with van der Waals surface area (Å²) in [5.41, 5.74) is 0.992. The first kappa shape index (κ1) is 13.1. The molecule has 1 aromatic rings. The summed E-state index contributed by atoms with van der Waals surface area (Å²) in [6.07, 6.45) is -0.520. The second kappa shape index (κ2) is 6.58. The van der Waals surface area contributed by atoms with Gasteiger partial charge in [0.2, 0.25) is 0 Å². The number of rotatable bonds is 6. The molecule has 16 heavy (non-hydrogen) atoms. The van der Waals surface area contributed by atoms with Gasteiger partial charge in [-0.05, 0) is 24.6 Å². The van der Waals surface area contributed by atoms with E-state index in [9.17, 15) is 9.50 Å². The van der Waals surface area contributed by atoms with E-state index in [4.69, 9.17) is 4.74 Å². The molecule has 0 fully saturated rings. The molecular weight excluding hydrogens is 209 g/mol. The Morgan fingerprint density at radius 2 is 2.00 bits per heavy atom. The van der Waals surface area contributed by atoms with Crippen molar-refractivity contribution in [3.8, 4) is 0 Å². The van der Waals surface area contributed by atoms with E-state index in [0.717, 1.165) is 5.56 Å². The van der Waals surface area contributed by atoms with E-state index < -0.39 is 6.10 Å². The van der Waals surface area contributed by atoms with Crippen molar-refractivity contribution in [1.29, 1.82) is 0 Å². The maximum Gasteiger partial charge on any atom is 0.123 e. The summed E-state index contributed by atoms with van der Waals surface area (Å²) in [4.78, 5) is 0. The van der Waals surface area contributed by atoms with Crippen LogP contribution in [0.15, 0.2) is 24.3 Å². The third kappa shape index (κ3) is 4.26. The molecule has 2 N–H and O–H groups in total. The third-order valence-electron chi connectivity index (χ3n) is 2.39. The molecule has 0 radical (unpaired) electrons. The highest BCUT2D eigenvalue weighted by molar-refractivity contribution is 5.19. The summed E-state index contributed by atoms with van der Waals surface area (Å²) in [5, 5.41) is 12.6. The lowest BCUT2D eigenvalue weighted by Crippen LogP contribution is -2.31. The minimum Gasteiger partial charge on any atom is -0.389 e. The Morgan fingerprint density at radius 3 is 2.56 bits per heavy atom. The van der Waals surface area contributed by atoms with E-state index in [-0.39, 0.29) is 11.9 Å². The van der Waals surface area contributed by atoms with Gasteiger partial charge in [-0.25, -0.2) is 4.39 Å². The lowest BCUT2D eigenvalue weighted by atomic mass is 10.1. The molecular formula is C12H18FNO2. The van der Waals surface area contributed by atoms with Crippen molar-refractivity contribution >= 4 is 0 Å². The van der Waals surface area contributed by atoms with E-state index in [1.54, 1.807) is 19.2 Å². The zero-order valence-corrected chi connectivity index (χ0v) is 9.61. The largest absolute Gasteiger partial charge is 0.389 e. The Labute approximate surface area is 95.2 Å². The van der Waals surface area contributed by atoms with Crippen LogP contribution in [-0.2, 0) is 4.74 Å². The lowest BCUT2D eigenvalue weighted by Gasteiger charge is -2.17. The van der Waals surface area contributed by atoms with Gasteiger partial charge in [-0.3, -0.25) is 0 Å². The fourth-order valence-electron chi connectivity index (χ4n) is 1.43. The van der Waals surface area contributed by atoms with Crippen molar-refractivity contribution < 1.29 is 14.2 Å². The van der Waals surface area contributed by atoms with Gasteiger partial charge < -0.3 is 15.2 Å². The maximum atomic E-state index is 12.7. The average molecular weight is 227 g/mol. The molecule has 90 valence electrons. The molecule has 4 heteroatoms. The highest BCUT2D eigenvalue weighted by atomic mass is 19.1.